The predicted molar refractivity (Wildman–Crippen MR) is 164 cm³/mol. The molecule has 0 spiro atoms. The first-order valence-electron chi connectivity index (χ1n) is 14.9. The van der Waals surface area contributed by atoms with Gasteiger partial charge in [0.05, 0.1) is 29.6 Å². The van der Waals surface area contributed by atoms with Crippen LogP contribution in [0.25, 0.3) is 0 Å². The van der Waals surface area contributed by atoms with E-state index in [0.717, 1.165) is 19.3 Å². The molecular weight excluding hydrogens is 656 g/mol. The number of amides is 2. The summed E-state index contributed by atoms with van der Waals surface area (Å²) >= 11 is 3.28. The maximum atomic E-state index is 14.1. The van der Waals surface area contributed by atoms with Crippen LogP contribution < -0.4 is 5.32 Å². The first kappa shape index (κ1) is 34.1. The summed E-state index contributed by atoms with van der Waals surface area (Å²) in [7, 11) is -2.94. The molecule has 1 saturated heterocycles. The van der Waals surface area contributed by atoms with E-state index in [1.165, 1.54) is 24.1 Å². The molecule has 1 aliphatic carbocycles. The summed E-state index contributed by atoms with van der Waals surface area (Å²) in [4.78, 5) is 54.9. The third kappa shape index (κ3) is 8.28. The van der Waals surface area contributed by atoms with Gasteiger partial charge in [-0.05, 0) is 76.6 Å². The van der Waals surface area contributed by atoms with E-state index < -0.39 is 63.1 Å². The fraction of sp³-hybridized carbons (Fsp3) is 0.613. The number of hydrogen-bond acceptors (Lipinski definition) is 9. The number of ether oxygens (including phenoxy) is 2. The number of carbonyl (C=O) groups is 4. The van der Waals surface area contributed by atoms with Crippen LogP contribution in [-0.4, -0.2) is 74.5 Å². The van der Waals surface area contributed by atoms with Gasteiger partial charge in [-0.15, -0.1) is 0 Å². The summed E-state index contributed by atoms with van der Waals surface area (Å²) in [5, 5.41) is 2.68. The van der Waals surface area contributed by atoms with Gasteiger partial charge in [-0.3, -0.25) is 18.6 Å². The summed E-state index contributed by atoms with van der Waals surface area (Å²) < 4.78 is 43.0. The molecule has 0 bridgehead atoms. The highest BCUT2D eigenvalue weighted by atomic mass is 79.9. The predicted octanol–water partition coefficient (Wildman–Crippen LogP) is 4.68. The zero-order valence-electron chi connectivity index (χ0n) is 25.5. The van der Waals surface area contributed by atoms with Crippen molar-refractivity contribution in [3.8, 4) is 0 Å². The number of carbonyl (C=O) groups excluding carboxylic acids is 4. The van der Waals surface area contributed by atoms with Crippen molar-refractivity contribution in [2.24, 2.45) is 11.3 Å². The van der Waals surface area contributed by atoms with E-state index in [9.17, 15) is 27.6 Å². The van der Waals surface area contributed by atoms with Gasteiger partial charge in [-0.2, -0.15) is 8.42 Å². The van der Waals surface area contributed by atoms with Crippen molar-refractivity contribution in [2.75, 3.05) is 13.7 Å². The minimum atomic E-state index is -4.22. The van der Waals surface area contributed by atoms with Crippen LogP contribution in [0.5, 0.6) is 0 Å². The highest BCUT2D eigenvalue weighted by Gasteiger charge is 2.61. The number of alkyl carbamates (subject to hydrolysis) is 1. The molecule has 1 aromatic rings. The Hall–Kier alpha value is -2.77. The van der Waals surface area contributed by atoms with Crippen molar-refractivity contribution in [3.63, 3.8) is 0 Å². The molecule has 1 aromatic carbocycles. The van der Waals surface area contributed by atoms with E-state index in [1.807, 2.05) is 12.2 Å². The van der Waals surface area contributed by atoms with Gasteiger partial charge in [0.1, 0.15) is 11.6 Å². The van der Waals surface area contributed by atoms with Gasteiger partial charge in [-0.1, -0.05) is 40.9 Å². The molecule has 0 radical (unpaired) electrons. The second-order valence-electron chi connectivity index (χ2n) is 12.7. The summed E-state index contributed by atoms with van der Waals surface area (Å²) in [6.45, 7) is 4.95. The minimum absolute atomic E-state index is 0.0652. The molecule has 11 nitrogen and oxygen atoms in total. The average Bonchev–Trinajstić information content (AvgIpc) is 3.47. The standard InChI is InChI=1S/C31H41BrN2O9S/c1-30(2,3)42-29(38)33-24-11-9-7-5-6-8-10-20-17-31(20,28(37)41-4)18-26(35)25-16-22(19-34(25)27(24)36)43-44(39,40)23-14-12-21(32)13-15-23/h8,10,12-15,20,22,24-25H,5-7,9,11,16-19H2,1-4H3,(H,33,38)/b10-8-/t20-,22-,24-,25-,31+/m0/s1. The van der Waals surface area contributed by atoms with Crippen LogP contribution in [0.15, 0.2) is 45.8 Å². The Labute approximate surface area is 267 Å². The van der Waals surface area contributed by atoms with Gasteiger partial charge in [0.15, 0.2) is 5.78 Å². The van der Waals surface area contributed by atoms with Crippen molar-refractivity contribution in [3.05, 3.63) is 40.9 Å². The first-order chi connectivity index (χ1) is 20.6. The Bertz CT molecular complexity index is 1390. The fourth-order valence-electron chi connectivity index (χ4n) is 5.94. The lowest BCUT2D eigenvalue weighted by Crippen LogP contribution is -2.52. The Morgan fingerprint density at radius 2 is 1.80 bits per heavy atom. The van der Waals surface area contributed by atoms with Crippen molar-refractivity contribution in [2.45, 2.75) is 101 Å². The lowest BCUT2D eigenvalue weighted by Gasteiger charge is -2.30. The summed E-state index contributed by atoms with van der Waals surface area (Å²) in [6, 6.07) is 3.86. The van der Waals surface area contributed by atoms with Crippen LogP contribution in [-0.2, 0) is 38.2 Å². The number of nitrogens with zero attached hydrogens (tertiary/aromatic N) is 1. The van der Waals surface area contributed by atoms with Gasteiger partial charge in [0, 0.05) is 23.9 Å². The molecule has 242 valence electrons. The van der Waals surface area contributed by atoms with Gasteiger partial charge in [-0.25, -0.2) is 4.79 Å². The lowest BCUT2D eigenvalue weighted by molar-refractivity contribution is -0.150. The number of rotatable bonds is 5. The topological polar surface area (TPSA) is 145 Å². The minimum Gasteiger partial charge on any atom is -0.469 e. The number of hydrogen-bond donors (Lipinski definition) is 1. The third-order valence-corrected chi connectivity index (χ3v) is 10.1. The molecule has 2 aliphatic heterocycles. The zero-order chi connectivity index (χ0) is 32.3. The van der Waals surface area contributed by atoms with E-state index in [4.69, 9.17) is 13.7 Å². The second-order valence-corrected chi connectivity index (χ2v) is 15.2. The Morgan fingerprint density at radius 1 is 1.09 bits per heavy atom. The molecule has 1 saturated carbocycles. The number of ketones is 1. The van der Waals surface area contributed by atoms with E-state index in [-0.39, 0.29) is 30.2 Å². The Kier molecular flexibility index (Phi) is 10.6. The van der Waals surface area contributed by atoms with Gasteiger partial charge in [0.25, 0.3) is 10.1 Å². The molecule has 2 amide bonds. The number of fused-ring (bicyclic) bond motifs is 2. The first-order valence-corrected chi connectivity index (χ1v) is 17.1. The fourth-order valence-corrected chi connectivity index (χ4v) is 7.28. The maximum absolute atomic E-state index is 14.1. The average molecular weight is 698 g/mol. The van der Waals surface area contributed by atoms with Crippen molar-refractivity contribution < 1.29 is 41.3 Å². The van der Waals surface area contributed by atoms with Crippen LogP contribution in [0.1, 0.15) is 72.1 Å². The summed E-state index contributed by atoms with van der Waals surface area (Å²) in [5.74, 6) is -1.58. The van der Waals surface area contributed by atoms with Crippen molar-refractivity contribution >= 4 is 49.8 Å². The van der Waals surface area contributed by atoms with E-state index in [0.29, 0.717) is 23.7 Å². The van der Waals surface area contributed by atoms with Crippen LogP contribution >= 0.6 is 15.9 Å². The van der Waals surface area contributed by atoms with Crippen LogP contribution in [0.4, 0.5) is 4.79 Å². The molecule has 5 atom stereocenters. The molecule has 2 heterocycles. The van der Waals surface area contributed by atoms with Crippen LogP contribution in [0, 0.1) is 11.3 Å². The normalized spacial score (nSPS) is 29.0. The molecule has 2 fully saturated rings. The molecule has 3 aliphatic rings. The Balaban J connectivity index is 1.64. The summed E-state index contributed by atoms with van der Waals surface area (Å²) in [6.07, 6.45) is 5.72. The molecule has 0 unspecified atom stereocenters. The van der Waals surface area contributed by atoms with Gasteiger partial charge >= 0.3 is 12.1 Å². The van der Waals surface area contributed by atoms with Gasteiger partial charge in [0.2, 0.25) is 5.91 Å². The largest absolute Gasteiger partial charge is 0.469 e. The molecular formula is C31H41BrN2O9S. The zero-order valence-corrected chi connectivity index (χ0v) is 27.9. The molecule has 1 N–H and O–H groups in total. The van der Waals surface area contributed by atoms with Crippen molar-refractivity contribution in [1.82, 2.24) is 10.2 Å². The monoisotopic (exact) mass is 696 g/mol. The summed E-state index contributed by atoms with van der Waals surface area (Å²) in [5.41, 5.74) is -1.83. The lowest BCUT2D eigenvalue weighted by atomic mass is 9.92. The van der Waals surface area contributed by atoms with Crippen LogP contribution in [0.3, 0.4) is 0 Å². The smallest absolute Gasteiger partial charge is 0.408 e. The number of methoxy groups -OCH3 is 1. The quantitative estimate of drug-likeness (QED) is 0.264. The number of halogens is 1. The number of Topliss-reactive ketones (excluding diaryl/α,β-unsaturated/α-hetero) is 1. The number of allylic oxidation sites excluding steroid dienone is 2. The SMILES string of the molecule is COC(=O)[C@]12CC(=O)[C@@H]3C[C@H](OS(=O)(=O)c4ccc(Br)cc4)CN3C(=O)[C@@H](NC(=O)OC(C)(C)C)CCCCC/C=C\[C@H]1C2. The van der Waals surface area contributed by atoms with Crippen LogP contribution in [0.2, 0.25) is 0 Å². The highest BCUT2D eigenvalue weighted by molar-refractivity contribution is 9.10. The molecule has 13 heteroatoms. The number of nitrogens with one attached hydrogen (secondary N) is 1. The molecule has 44 heavy (non-hydrogen) atoms. The highest BCUT2D eigenvalue weighted by Crippen LogP contribution is 2.57. The van der Waals surface area contributed by atoms with Crippen molar-refractivity contribution in [1.29, 1.82) is 0 Å². The second kappa shape index (κ2) is 13.7. The molecule has 4 rings (SSSR count). The number of benzene rings is 1. The third-order valence-electron chi connectivity index (χ3n) is 8.22. The molecule has 0 aromatic heterocycles. The van der Waals surface area contributed by atoms with Gasteiger partial charge < -0.3 is 19.7 Å². The van der Waals surface area contributed by atoms with E-state index in [1.54, 1.807) is 32.9 Å². The number of esters is 1. The Morgan fingerprint density at radius 3 is 2.45 bits per heavy atom. The van der Waals surface area contributed by atoms with E-state index in [2.05, 4.69) is 21.2 Å². The maximum Gasteiger partial charge on any atom is 0.408 e. The van der Waals surface area contributed by atoms with E-state index >= 15 is 0 Å².